The van der Waals surface area contributed by atoms with Crippen molar-refractivity contribution in [3.63, 3.8) is 0 Å². The normalized spacial score (nSPS) is 19.8. The van der Waals surface area contributed by atoms with E-state index < -0.39 is 5.66 Å². The number of aliphatic imine (C=N–C) groups is 2. The second kappa shape index (κ2) is 5.61. The maximum atomic E-state index is 11.7. The second-order valence-electron chi connectivity index (χ2n) is 6.75. The quantitative estimate of drug-likeness (QED) is 0.774. The zero-order chi connectivity index (χ0) is 17.6. The second-order valence-corrected chi connectivity index (χ2v) is 6.75. The maximum Gasteiger partial charge on any atom is 0.336 e. The number of benzene rings is 1. The topological polar surface area (TPSA) is 110 Å². The number of guanidine groups is 2. The van der Waals surface area contributed by atoms with E-state index >= 15 is 0 Å². The number of hydrogen-bond acceptors (Lipinski definition) is 7. The minimum absolute atomic E-state index is 0.221. The van der Waals surface area contributed by atoms with E-state index in [4.69, 9.17) is 15.9 Å². The molecule has 1 spiro atoms. The Morgan fingerprint density at radius 2 is 1.92 bits per heavy atom. The van der Waals surface area contributed by atoms with Gasteiger partial charge in [0.2, 0.25) is 11.9 Å². The average molecular weight is 339 g/mol. The molecule has 0 unspecified atom stereocenters. The Labute approximate surface area is 145 Å². The molecule has 0 atom stereocenters. The van der Waals surface area contributed by atoms with Crippen LogP contribution in [-0.2, 0) is 0 Å². The summed E-state index contributed by atoms with van der Waals surface area (Å²) in [5.74, 6) is 0.544. The van der Waals surface area contributed by atoms with Crippen molar-refractivity contribution in [1.29, 1.82) is 0 Å². The molecular formula is C18H21N5O2. The van der Waals surface area contributed by atoms with Crippen LogP contribution in [0.1, 0.15) is 37.7 Å². The van der Waals surface area contributed by atoms with Crippen LogP contribution in [0, 0.1) is 6.92 Å². The molecule has 2 aromatic rings. The Kier molecular flexibility index (Phi) is 3.52. The fourth-order valence-corrected chi connectivity index (χ4v) is 3.95. The first-order chi connectivity index (χ1) is 12.0. The third-order valence-corrected chi connectivity index (χ3v) is 5.04. The summed E-state index contributed by atoms with van der Waals surface area (Å²) in [4.78, 5) is 22.5. The van der Waals surface area contributed by atoms with Gasteiger partial charge in [-0.1, -0.05) is 6.42 Å². The maximum absolute atomic E-state index is 11.7. The van der Waals surface area contributed by atoms with Crippen LogP contribution in [0.5, 0.6) is 0 Å². The lowest BCUT2D eigenvalue weighted by atomic mass is 9.87. The number of aryl methyl sites for hydroxylation is 1. The number of nitrogens with zero attached hydrogens (tertiary/aromatic N) is 3. The van der Waals surface area contributed by atoms with E-state index in [-0.39, 0.29) is 11.6 Å². The van der Waals surface area contributed by atoms with Gasteiger partial charge in [0.1, 0.15) is 11.2 Å². The lowest BCUT2D eigenvalue weighted by Crippen LogP contribution is -2.58. The SMILES string of the molecule is Cc1cc(=O)oc2cc(N3C(N)=NC(N)=NC34CCCCC4)ccc12. The van der Waals surface area contributed by atoms with Gasteiger partial charge in [-0.25, -0.2) is 9.79 Å². The van der Waals surface area contributed by atoms with Crippen LogP contribution in [0.4, 0.5) is 5.69 Å². The van der Waals surface area contributed by atoms with Crippen molar-refractivity contribution in [1.82, 2.24) is 0 Å². The van der Waals surface area contributed by atoms with Crippen molar-refractivity contribution < 1.29 is 4.42 Å². The minimum Gasteiger partial charge on any atom is -0.423 e. The first kappa shape index (κ1) is 15.7. The first-order valence-corrected chi connectivity index (χ1v) is 8.53. The van der Waals surface area contributed by atoms with Crippen LogP contribution >= 0.6 is 0 Å². The summed E-state index contributed by atoms with van der Waals surface area (Å²) >= 11 is 0. The Bertz CT molecular complexity index is 954. The molecular weight excluding hydrogens is 318 g/mol. The zero-order valence-electron chi connectivity index (χ0n) is 14.2. The van der Waals surface area contributed by atoms with Crippen LogP contribution in [-0.4, -0.2) is 17.6 Å². The summed E-state index contributed by atoms with van der Waals surface area (Å²) < 4.78 is 5.38. The van der Waals surface area contributed by atoms with Gasteiger partial charge in [-0.05, 0) is 50.3 Å². The molecule has 0 saturated heterocycles. The standard InChI is InChI=1S/C18H21N5O2/c1-11-9-15(24)25-14-10-12(5-6-13(11)14)23-17(20)21-16(19)22-18(23)7-3-2-4-8-18/h5-6,9-10H,2-4,7-8H2,1H3,(H4,19,20,21,22). The highest BCUT2D eigenvalue weighted by Crippen LogP contribution is 2.40. The molecule has 7 heteroatoms. The van der Waals surface area contributed by atoms with E-state index in [0.717, 1.165) is 42.3 Å². The van der Waals surface area contributed by atoms with Gasteiger partial charge >= 0.3 is 5.63 Å². The van der Waals surface area contributed by atoms with E-state index in [1.807, 2.05) is 30.0 Å². The molecule has 1 aliphatic carbocycles. The zero-order valence-corrected chi connectivity index (χ0v) is 14.2. The van der Waals surface area contributed by atoms with E-state index in [2.05, 4.69) is 9.98 Å². The van der Waals surface area contributed by atoms with E-state index in [1.165, 1.54) is 12.5 Å². The molecule has 25 heavy (non-hydrogen) atoms. The molecule has 0 bridgehead atoms. The Hall–Kier alpha value is -2.83. The van der Waals surface area contributed by atoms with Crippen molar-refractivity contribution in [2.75, 3.05) is 4.90 Å². The monoisotopic (exact) mass is 339 g/mol. The summed E-state index contributed by atoms with van der Waals surface area (Å²) in [6, 6.07) is 7.23. The third kappa shape index (κ3) is 2.56. The van der Waals surface area contributed by atoms with Crippen molar-refractivity contribution in [3.8, 4) is 0 Å². The van der Waals surface area contributed by atoms with Gasteiger partial charge in [0.25, 0.3) is 0 Å². The highest BCUT2D eigenvalue weighted by atomic mass is 16.4. The van der Waals surface area contributed by atoms with Crippen LogP contribution in [0.25, 0.3) is 11.0 Å². The van der Waals surface area contributed by atoms with Gasteiger partial charge in [0.05, 0.1) is 5.69 Å². The number of anilines is 1. The summed E-state index contributed by atoms with van der Waals surface area (Å²) in [5, 5.41) is 0.900. The van der Waals surface area contributed by atoms with Crippen LogP contribution in [0.2, 0.25) is 0 Å². The number of fused-ring (bicyclic) bond motifs is 1. The molecule has 1 aromatic carbocycles. The first-order valence-electron chi connectivity index (χ1n) is 8.53. The largest absolute Gasteiger partial charge is 0.423 e. The predicted octanol–water partition coefficient (Wildman–Crippen LogP) is 2.21. The van der Waals surface area contributed by atoms with E-state index in [1.54, 1.807) is 0 Å². The molecule has 1 aromatic heterocycles. The molecule has 130 valence electrons. The lowest BCUT2D eigenvalue weighted by Gasteiger charge is -2.45. The fourth-order valence-electron chi connectivity index (χ4n) is 3.95. The smallest absolute Gasteiger partial charge is 0.336 e. The molecule has 1 fully saturated rings. The van der Waals surface area contributed by atoms with Crippen molar-refractivity contribution in [2.24, 2.45) is 21.5 Å². The number of hydrogen-bond donors (Lipinski definition) is 2. The molecule has 2 aliphatic rings. The van der Waals surface area contributed by atoms with Crippen molar-refractivity contribution in [2.45, 2.75) is 44.7 Å². The van der Waals surface area contributed by atoms with Crippen LogP contribution in [0.15, 0.2) is 43.5 Å². The summed E-state index contributed by atoms with van der Waals surface area (Å²) in [6.07, 6.45) is 5.01. The summed E-state index contributed by atoms with van der Waals surface area (Å²) in [5.41, 5.74) is 13.5. The molecule has 4 N–H and O–H groups in total. The molecule has 7 nitrogen and oxygen atoms in total. The lowest BCUT2D eigenvalue weighted by molar-refractivity contribution is 0.305. The fraction of sp³-hybridized carbons (Fsp3) is 0.389. The number of nitrogens with two attached hydrogens (primary N) is 2. The highest BCUT2D eigenvalue weighted by molar-refractivity contribution is 6.06. The van der Waals surface area contributed by atoms with E-state index in [9.17, 15) is 4.79 Å². The molecule has 1 aliphatic heterocycles. The Morgan fingerprint density at radius 3 is 2.68 bits per heavy atom. The minimum atomic E-state index is -0.508. The van der Waals surface area contributed by atoms with Crippen molar-refractivity contribution in [3.05, 3.63) is 40.2 Å². The third-order valence-electron chi connectivity index (χ3n) is 5.04. The van der Waals surface area contributed by atoms with Gasteiger partial charge in [-0.15, -0.1) is 0 Å². The van der Waals surface area contributed by atoms with Crippen LogP contribution < -0.4 is 22.0 Å². The average Bonchev–Trinajstić information content (AvgIpc) is 2.54. The molecule has 0 amide bonds. The molecule has 4 rings (SSSR count). The predicted molar refractivity (Wildman–Crippen MR) is 98.8 cm³/mol. The van der Waals surface area contributed by atoms with Gasteiger partial charge in [0.15, 0.2) is 0 Å². The molecule has 1 saturated carbocycles. The Morgan fingerprint density at radius 1 is 1.16 bits per heavy atom. The van der Waals surface area contributed by atoms with Crippen LogP contribution in [0.3, 0.4) is 0 Å². The summed E-state index contributed by atoms with van der Waals surface area (Å²) in [6.45, 7) is 1.89. The van der Waals surface area contributed by atoms with Gasteiger partial charge in [-0.2, -0.15) is 4.99 Å². The van der Waals surface area contributed by atoms with Gasteiger partial charge < -0.3 is 15.9 Å². The number of rotatable bonds is 1. The Balaban J connectivity index is 1.88. The molecule has 2 heterocycles. The van der Waals surface area contributed by atoms with Gasteiger partial charge in [0, 0.05) is 17.5 Å². The van der Waals surface area contributed by atoms with Crippen molar-refractivity contribution >= 4 is 28.6 Å². The molecule has 0 radical (unpaired) electrons. The summed E-state index contributed by atoms with van der Waals surface area (Å²) in [7, 11) is 0. The highest BCUT2D eigenvalue weighted by Gasteiger charge is 2.42. The van der Waals surface area contributed by atoms with E-state index in [0.29, 0.717) is 11.5 Å². The van der Waals surface area contributed by atoms with Gasteiger partial charge in [-0.3, -0.25) is 4.90 Å².